The van der Waals surface area contributed by atoms with E-state index >= 15 is 0 Å². The average molecular weight is 262 g/mol. The van der Waals surface area contributed by atoms with E-state index in [4.69, 9.17) is 5.11 Å². The number of rotatable bonds is 3. The maximum absolute atomic E-state index is 12.3. The molecule has 0 amide bonds. The number of aryl methyl sites for hydroxylation is 2. The summed E-state index contributed by atoms with van der Waals surface area (Å²) in [7, 11) is 1.20. The van der Waals surface area contributed by atoms with Crippen LogP contribution in [0.2, 0.25) is 0 Å². The molecule has 1 heterocycles. The van der Waals surface area contributed by atoms with E-state index in [-0.39, 0.29) is 16.9 Å². The van der Waals surface area contributed by atoms with E-state index in [2.05, 4.69) is 4.98 Å². The first kappa shape index (κ1) is 14.3. The zero-order chi connectivity index (χ0) is 14.1. The number of aromatic nitrogens is 1. The van der Waals surface area contributed by atoms with E-state index < -0.39 is 18.7 Å². The summed E-state index contributed by atoms with van der Waals surface area (Å²) in [6.45, 7) is 1.85. The molecule has 1 aromatic rings. The predicted molar refractivity (Wildman–Crippen MR) is 60.0 cm³/mol. The molecule has 0 aliphatic rings. The smallest absolute Gasteiger partial charge is 0.405 e. The molecule has 0 saturated carbocycles. The van der Waals surface area contributed by atoms with Crippen LogP contribution in [0.5, 0.6) is 0 Å². The summed E-state index contributed by atoms with van der Waals surface area (Å²) in [6.07, 6.45) is -4.39. The lowest BCUT2D eigenvalue weighted by atomic mass is 10.1. The first-order valence-corrected chi connectivity index (χ1v) is 5.11. The molecular formula is C11H13F3N2O2. The molecule has 0 unspecified atom stereocenters. The van der Waals surface area contributed by atoms with Crippen LogP contribution in [0.15, 0.2) is 6.07 Å². The summed E-state index contributed by atoms with van der Waals surface area (Å²) < 4.78 is 37.0. The van der Waals surface area contributed by atoms with Crippen LogP contribution in [0.4, 0.5) is 18.9 Å². The molecule has 0 bridgehead atoms. The maximum Gasteiger partial charge on any atom is 0.405 e. The van der Waals surface area contributed by atoms with E-state index in [1.165, 1.54) is 20.0 Å². The van der Waals surface area contributed by atoms with Crippen molar-refractivity contribution in [3.63, 3.8) is 0 Å². The number of carboxylic acid groups (broad SMARTS) is 1. The van der Waals surface area contributed by atoms with Gasteiger partial charge in [0.2, 0.25) is 0 Å². The number of carbonyl (C=O) groups is 1. The van der Waals surface area contributed by atoms with Gasteiger partial charge in [0.1, 0.15) is 12.1 Å². The Morgan fingerprint density at radius 2 is 2.00 bits per heavy atom. The third-order valence-electron chi connectivity index (χ3n) is 2.35. The fourth-order valence-corrected chi connectivity index (χ4v) is 1.73. The Bertz CT molecular complexity index is 472. The highest BCUT2D eigenvalue weighted by Gasteiger charge is 2.31. The minimum atomic E-state index is -4.39. The Morgan fingerprint density at radius 3 is 2.44 bits per heavy atom. The van der Waals surface area contributed by atoms with E-state index in [9.17, 15) is 18.0 Å². The topological polar surface area (TPSA) is 53.4 Å². The fourth-order valence-electron chi connectivity index (χ4n) is 1.73. The SMILES string of the molecule is Cc1cc(N(C)CC(F)(F)F)c(C(=O)O)c(C)n1. The van der Waals surface area contributed by atoms with Gasteiger partial charge in [-0.25, -0.2) is 4.79 Å². The second-order valence-electron chi connectivity index (χ2n) is 4.02. The van der Waals surface area contributed by atoms with E-state index in [0.29, 0.717) is 5.69 Å². The van der Waals surface area contributed by atoms with Crippen LogP contribution >= 0.6 is 0 Å². The Labute approximate surface area is 102 Å². The Morgan fingerprint density at radius 1 is 1.44 bits per heavy atom. The van der Waals surface area contributed by atoms with Gasteiger partial charge in [0.05, 0.1) is 11.4 Å². The van der Waals surface area contributed by atoms with Gasteiger partial charge >= 0.3 is 12.1 Å². The van der Waals surface area contributed by atoms with Gasteiger partial charge in [-0.3, -0.25) is 4.98 Å². The number of halogens is 3. The zero-order valence-electron chi connectivity index (χ0n) is 10.2. The molecule has 18 heavy (non-hydrogen) atoms. The van der Waals surface area contributed by atoms with Gasteiger partial charge in [0, 0.05) is 12.7 Å². The minimum Gasteiger partial charge on any atom is -0.478 e. The highest BCUT2D eigenvalue weighted by atomic mass is 19.4. The number of aromatic carboxylic acids is 1. The first-order valence-electron chi connectivity index (χ1n) is 5.11. The average Bonchev–Trinajstić information content (AvgIpc) is 2.12. The molecule has 7 heteroatoms. The summed E-state index contributed by atoms with van der Waals surface area (Å²) in [6, 6.07) is 1.34. The van der Waals surface area contributed by atoms with Crippen molar-refractivity contribution in [3.05, 3.63) is 23.0 Å². The van der Waals surface area contributed by atoms with E-state index in [1.807, 2.05) is 0 Å². The molecule has 0 aliphatic heterocycles. The normalized spacial score (nSPS) is 11.4. The molecule has 100 valence electrons. The molecule has 0 aliphatic carbocycles. The summed E-state index contributed by atoms with van der Waals surface area (Å²) in [5, 5.41) is 9.04. The molecule has 1 aromatic heterocycles. The summed E-state index contributed by atoms with van der Waals surface area (Å²) in [4.78, 5) is 15.9. The monoisotopic (exact) mass is 262 g/mol. The van der Waals surface area contributed by atoms with Crippen molar-refractivity contribution in [2.24, 2.45) is 0 Å². The van der Waals surface area contributed by atoms with Gasteiger partial charge < -0.3 is 10.0 Å². The molecule has 0 radical (unpaired) electrons. The Kier molecular flexibility index (Phi) is 3.83. The molecule has 1 rings (SSSR count). The van der Waals surface area contributed by atoms with Crippen LogP contribution in [-0.2, 0) is 0 Å². The lowest BCUT2D eigenvalue weighted by Gasteiger charge is -2.23. The third-order valence-corrected chi connectivity index (χ3v) is 2.35. The van der Waals surface area contributed by atoms with Crippen LogP contribution in [0.1, 0.15) is 21.7 Å². The first-order chi connectivity index (χ1) is 8.11. The van der Waals surface area contributed by atoms with Crippen molar-refractivity contribution in [2.45, 2.75) is 20.0 Å². The van der Waals surface area contributed by atoms with Gasteiger partial charge in [-0.2, -0.15) is 13.2 Å². The van der Waals surface area contributed by atoms with Crippen LogP contribution in [-0.4, -0.2) is 35.8 Å². The fraction of sp³-hybridized carbons (Fsp3) is 0.455. The van der Waals surface area contributed by atoms with E-state index in [0.717, 1.165) is 4.90 Å². The second-order valence-corrected chi connectivity index (χ2v) is 4.02. The van der Waals surface area contributed by atoms with Gasteiger partial charge in [-0.1, -0.05) is 0 Å². The predicted octanol–water partition coefficient (Wildman–Crippen LogP) is 2.40. The Hall–Kier alpha value is -1.79. The molecular weight excluding hydrogens is 249 g/mol. The third kappa shape index (κ3) is 3.35. The number of pyridine rings is 1. The van der Waals surface area contributed by atoms with Crippen molar-refractivity contribution in [1.29, 1.82) is 0 Å². The van der Waals surface area contributed by atoms with Crippen LogP contribution in [0.25, 0.3) is 0 Å². The summed E-state index contributed by atoms with van der Waals surface area (Å²) >= 11 is 0. The lowest BCUT2D eigenvalue weighted by molar-refractivity contribution is -0.119. The summed E-state index contributed by atoms with van der Waals surface area (Å²) in [5.41, 5.74) is 0.491. The van der Waals surface area contributed by atoms with Crippen molar-refractivity contribution in [3.8, 4) is 0 Å². The molecule has 0 aromatic carbocycles. The highest BCUT2D eigenvalue weighted by Crippen LogP contribution is 2.26. The maximum atomic E-state index is 12.3. The molecule has 4 nitrogen and oxygen atoms in total. The van der Waals surface area contributed by atoms with E-state index in [1.54, 1.807) is 6.92 Å². The number of alkyl halides is 3. The number of anilines is 1. The number of carboxylic acids is 1. The largest absolute Gasteiger partial charge is 0.478 e. The number of nitrogens with zero attached hydrogens (tertiary/aromatic N) is 2. The number of hydrogen-bond donors (Lipinski definition) is 1. The zero-order valence-corrected chi connectivity index (χ0v) is 10.2. The Balaban J connectivity index is 3.26. The molecule has 0 spiro atoms. The van der Waals surface area contributed by atoms with Gasteiger partial charge in [0.25, 0.3) is 0 Å². The van der Waals surface area contributed by atoms with Crippen molar-refractivity contribution in [1.82, 2.24) is 4.98 Å². The van der Waals surface area contributed by atoms with Gasteiger partial charge in [-0.05, 0) is 19.9 Å². The van der Waals surface area contributed by atoms with Crippen molar-refractivity contribution >= 4 is 11.7 Å². The van der Waals surface area contributed by atoms with Crippen LogP contribution in [0, 0.1) is 13.8 Å². The number of hydrogen-bond acceptors (Lipinski definition) is 3. The standard InChI is InChI=1S/C11H13F3N2O2/c1-6-4-8(16(3)5-11(12,13)14)9(10(17)18)7(2)15-6/h4H,5H2,1-3H3,(H,17,18). The summed E-state index contributed by atoms with van der Waals surface area (Å²) in [5.74, 6) is -1.29. The molecule has 0 fully saturated rings. The molecule has 0 atom stereocenters. The van der Waals surface area contributed by atoms with Gasteiger partial charge in [-0.15, -0.1) is 0 Å². The van der Waals surface area contributed by atoms with Crippen molar-refractivity contribution in [2.75, 3.05) is 18.5 Å². The highest BCUT2D eigenvalue weighted by molar-refractivity contribution is 5.95. The van der Waals surface area contributed by atoms with Crippen LogP contribution in [0.3, 0.4) is 0 Å². The van der Waals surface area contributed by atoms with Crippen molar-refractivity contribution < 1.29 is 23.1 Å². The molecule has 0 saturated heterocycles. The van der Waals surface area contributed by atoms with Gasteiger partial charge in [0.15, 0.2) is 0 Å². The quantitative estimate of drug-likeness (QED) is 0.908. The molecule has 1 N–H and O–H groups in total. The lowest BCUT2D eigenvalue weighted by Crippen LogP contribution is -2.32. The second kappa shape index (κ2) is 4.83. The minimum absolute atomic E-state index is 0.0184. The van der Waals surface area contributed by atoms with Crippen LogP contribution < -0.4 is 4.90 Å².